The minimum absolute atomic E-state index is 0.330. The zero-order valence-electron chi connectivity index (χ0n) is 13.5. The molecule has 1 fully saturated rings. The second-order valence-electron chi connectivity index (χ2n) is 5.42. The summed E-state index contributed by atoms with van der Waals surface area (Å²) >= 11 is 0. The summed E-state index contributed by atoms with van der Waals surface area (Å²) in [5.41, 5.74) is 2.99. The number of aryl methyl sites for hydroxylation is 2. The number of nitrogens with one attached hydrogen (secondary N) is 2. The number of aromatic nitrogens is 1. The van der Waals surface area contributed by atoms with Crippen molar-refractivity contribution >= 4 is 23.5 Å². The lowest BCUT2D eigenvalue weighted by Crippen LogP contribution is -2.28. The summed E-state index contributed by atoms with van der Waals surface area (Å²) in [7, 11) is 0. The Balaban J connectivity index is 1.56. The molecule has 0 aliphatic carbocycles. The Hall–Kier alpha value is -3.03. The number of cyclic esters (lactones) is 1. The van der Waals surface area contributed by atoms with E-state index in [1.54, 1.807) is 36.1 Å². The van der Waals surface area contributed by atoms with Crippen LogP contribution in [0.2, 0.25) is 0 Å². The summed E-state index contributed by atoms with van der Waals surface area (Å²) in [6.45, 7) is 4.89. The van der Waals surface area contributed by atoms with Crippen molar-refractivity contribution in [2.24, 2.45) is 0 Å². The summed E-state index contributed by atoms with van der Waals surface area (Å²) in [4.78, 5) is 25.0. The highest BCUT2D eigenvalue weighted by atomic mass is 16.6. The van der Waals surface area contributed by atoms with Crippen LogP contribution in [0, 0.1) is 13.8 Å². The number of amides is 3. The maximum atomic E-state index is 12.0. The maximum Gasteiger partial charge on any atom is 0.414 e. The average Bonchev–Trinajstić information content (AvgIpc) is 3.12. The van der Waals surface area contributed by atoms with Crippen LogP contribution in [0.5, 0.6) is 0 Å². The molecular formula is C16H18N4O4. The number of nitrogens with zero attached hydrogens (tertiary/aromatic N) is 2. The van der Waals surface area contributed by atoms with Crippen LogP contribution in [0.4, 0.5) is 21.0 Å². The van der Waals surface area contributed by atoms with Crippen LogP contribution in [-0.2, 0) is 11.3 Å². The van der Waals surface area contributed by atoms with Gasteiger partial charge in [-0.2, -0.15) is 0 Å². The van der Waals surface area contributed by atoms with Crippen LogP contribution in [0.1, 0.15) is 17.0 Å². The van der Waals surface area contributed by atoms with E-state index in [0.717, 1.165) is 16.9 Å². The van der Waals surface area contributed by atoms with Gasteiger partial charge in [0, 0.05) is 23.5 Å². The van der Waals surface area contributed by atoms with Crippen molar-refractivity contribution < 1.29 is 18.8 Å². The molecule has 2 aromatic rings. The fourth-order valence-electron chi connectivity index (χ4n) is 2.45. The van der Waals surface area contributed by atoms with Crippen LogP contribution in [0.15, 0.2) is 28.8 Å². The molecule has 3 amide bonds. The van der Waals surface area contributed by atoms with Crippen LogP contribution in [0.25, 0.3) is 0 Å². The summed E-state index contributed by atoms with van der Waals surface area (Å²) in [6, 6.07) is 6.66. The average molecular weight is 330 g/mol. The summed E-state index contributed by atoms with van der Waals surface area (Å²) in [5, 5.41) is 9.34. The zero-order chi connectivity index (χ0) is 17.1. The van der Waals surface area contributed by atoms with E-state index >= 15 is 0 Å². The van der Waals surface area contributed by atoms with Crippen molar-refractivity contribution in [3.05, 3.63) is 41.3 Å². The first kappa shape index (κ1) is 15.9. The lowest BCUT2D eigenvalue weighted by Gasteiger charge is -2.13. The molecule has 8 nitrogen and oxygen atoms in total. The van der Waals surface area contributed by atoms with Crippen LogP contribution in [-0.4, -0.2) is 30.4 Å². The molecule has 8 heteroatoms. The molecule has 126 valence electrons. The number of urea groups is 1. The molecule has 3 rings (SSSR count). The van der Waals surface area contributed by atoms with E-state index in [1.807, 2.05) is 6.92 Å². The van der Waals surface area contributed by atoms with Gasteiger partial charge >= 0.3 is 12.1 Å². The molecular weight excluding hydrogens is 312 g/mol. The number of hydrogen-bond donors (Lipinski definition) is 2. The number of benzene rings is 1. The number of anilines is 2. The Morgan fingerprint density at radius 2 is 2.04 bits per heavy atom. The van der Waals surface area contributed by atoms with Gasteiger partial charge in [-0.05, 0) is 38.1 Å². The fourth-order valence-corrected chi connectivity index (χ4v) is 2.45. The Kier molecular flexibility index (Phi) is 4.37. The van der Waals surface area contributed by atoms with E-state index in [2.05, 4.69) is 15.8 Å². The van der Waals surface area contributed by atoms with Gasteiger partial charge in [-0.15, -0.1) is 0 Å². The van der Waals surface area contributed by atoms with Gasteiger partial charge in [0.1, 0.15) is 12.4 Å². The first-order chi connectivity index (χ1) is 11.5. The summed E-state index contributed by atoms with van der Waals surface area (Å²) in [5.74, 6) is 0.689. The van der Waals surface area contributed by atoms with Crippen LogP contribution < -0.4 is 15.5 Å². The molecule has 0 atom stereocenters. The second-order valence-corrected chi connectivity index (χ2v) is 5.42. The Morgan fingerprint density at radius 1 is 1.29 bits per heavy atom. The quantitative estimate of drug-likeness (QED) is 0.898. The second kappa shape index (κ2) is 6.61. The van der Waals surface area contributed by atoms with Crippen LogP contribution >= 0.6 is 0 Å². The van der Waals surface area contributed by atoms with Gasteiger partial charge in [0.25, 0.3) is 0 Å². The van der Waals surface area contributed by atoms with Gasteiger partial charge in [-0.25, -0.2) is 9.59 Å². The molecule has 2 heterocycles. The lowest BCUT2D eigenvalue weighted by atomic mass is 10.2. The molecule has 0 saturated carbocycles. The highest BCUT2D eigenvalue weighted by Crippen LogP contribution is 2.21. The van der Waals surface area contributed by atoms with Crippen molar-refractivity contribution in [2.75, 3.05) is 23.4 Å². The SMILES string of the molecule is Cc1noc(C)c1CNC(=O)Nc1ccc(N2CCOC2=O)cc1. The van der Waals surface area contributed by atoms with Crippen molar-refractivity contribution in [3.8, 4) is 0 Å². The first-order valence-electron chi connectivity index (χ1n) is 7.55. The summed E-state index contributed by atoms with van der Waals surface area (Å²) in [6.07, 6.45) is -0.354. The number of rotatable bonds is 4. The van der Waals surface area contributed by atoms with Crippen molar-refractivity contribution in [1.82, 2.24) is 10.5 Å². The third-order valence-electron chi connectivity index (χ3n) is 3.80. The highest BCUT2D eigenvalue weighted by molar-refractivity contribution is 5.91. The molecule has 1 aromatic heterocycles. The smallest absolute Gasteiger partial charge is 0.414 e. The van der Waals surface area contributed by atoms with Crippen molar-refractivity contribution in [3.63, 3.8) is 0 Å². The molecule has 0 unspecified atom stereocenters. The predicted octanol–water partition coefficient (Wildman–Crippen LogP) is 2.57. The Morgan fingerprint density at radius 3 is 2.62 bits per heavy atom. The van der Waals surface area contributed by atoms with E-state index in [1.165, 1.54) is 0 Å². The minimum Gasteiger partial charge on any atom is -0.447 e. The standard InChI is InChI=1S/C16H18N4O4/c1-10-14(11(2)24-19-10)9-17-15(21)18-12-3-5-13(6-4-12)20-7-8-23-16(20)22/h3-6H,7-9H2,1-2H3,(H2,17,18,21). The monoisotopic (exact) mass is 330 g/mol. The lowest BCUT2D eigenvalue weighted by molar-refractivity contribution is 0.181. The predicted molar refractivity (Wildman–Crippen MR) is 87.0 cm³/mol. The van der Waals surface area contributed by atoms with Gasteiger partial charge < -0.3 is 19.9 Å². The molecule has 0 spiro atoms. The molecule has 1 saturated heterocycles. The fraction of sp³-hybridized carbons (Fsp3) is 0.312. The van der Waals surface area contributed by atoms with Crippen LogP contribution in [0.3, 0.4) is 0 Å². The third kappa shape index (κ3) is 3.32. The van der Waals surface area contributed by atoms with Gasteiger partial charge in [0.2, 0.25) is 0 Å². The zero-order valence-corrected chi connectivity index (χ0v) is 13.5. The molecule has 1 aliphatic heterocycles. The Labute approximate surface area is 138 Å². The molecule has 0 bridgehead atoms. The Bertz CT molecular complexity index is 734. The first-order valence-corrected chi connectivity index (χ1v) is 7.55. The molecule has 1 aromatic carbocycles. The molecule has 0 radical (unpaired) electrons. The molecule has 2 N–H and O–H groups in total. The normalized spacial score (nSPS) is 13.8. The number of hydrogen-bond acceptors (Lipinski definition) is 5. The van der Waals surface area contributed by atoms with Gasteiger partial charge in [0.15, 0.2) is 0 Å². The van der Waals surface area contributed by atoms with E-state index in [9.17, 15) is 9.59 Å². The minimum atomic E-state index is -0.354. The van der Waals surface area contributed by atoms with E-state index in [-0.39, 0.29) is 12.1 Å². The number of carbonyl (C=O) groups is 2. The van der Waals surface area contributed by atoms with E-state index in [4.69, 9.17) is 9.26 Å². The molecule has 1 aliphatic rings. The highest BCUT2D eigenvalue weighted by Gasteiger charge is 2.23. The van der Waals surface area contributed by atoms with E-state index < -0.39 is 0 Å². The maximum absolute atomic E-state index is 12.0. The largest absolute Gasteiger partial charge is 0.447 e. The summed E-state index contributed by atoms with van der Waals surface area (Å²) < 4.78 is 9.95. The van der Waals surface area contributed by atoms with Gasteiger partial charge in [0.05, 0.1) is 12.2 Å². The van der Waals surface area contributed by atoms with E-state index in [0.29, 0.717) is 31.1 Å². The number of ether oxygens (including phenoxy) is 1. The van der Waals surface area contributed by atoms with Crippen molar-refractivity contribution in [1.29, 1.82) is 0 Å². The van der Waals surface area contributed by atoms with Gasteiger partial charge in [-0.3, -0.25) is 4.90 Å². The topological polar surface area (TPSA) is 96.7 Å². The van der Waals surface area contributed by atoms with Crippen molar-refractivity contribution in [2.45, 2.75) is 20.4 Å². The molecule has 24 heavy (non-hydrogen) atoms. The number of carbonyl (C=O) groups excluding carboxylic acids is 2. The van der Waals surface area contributed by atoms with Gasteiger partial charge in [-0.1, -0.05) is 5.16 Å². The third-order valence-corrected chi connectivity index (χ3v) is 3.80.